The number of rotatable bonds is 4. The average Bonchev–Trinajstić information content (AvgIpc) is 2.37. The molecule has 2 aromatic rings. The van der Waals surface area contributed by atoms with Gasteiger partial charge in [0.25, 0.3) is 10.0 Å². The van der Waals surface area contributed by atoms with E-state index in [9.17, 15) is 8.42 Å². The molecule has 0 saturated heterocycles. The predicted molar refractivity (Wildman–Crippen MR) is 72.8 cm³/mol. The summed E-state index contributed by atoms with van der Waals surface area (Å²) in [4.78, 5) is 11.5. The topological polar surface area (TPSA) is 120 Å². The molecule has 0 fully saturated rings. The monoisotopic (exact) mass is 295 g/mol. The van der Waals surface area contributed by atoms with E-state index in [1.807, 2.05) is 0 Å². The van der Waals surface area contributed by atoms with E-state index < -0.39 is 10.0 Å². The van der Waals surface area contributed by atoms with Gasteiger partial charge < -0.3 is 10.5 Å². The number of aromatic nitrogens is 3. The molecule has 0 saturated carbocycles. The SMILES string of the molecule is COc1cc(C)nc(NS(=O)(=O)c2cnccc2N)n1. The number of nitrogens with one attached hydrogen (secondary N) is 1. The van der Waals surface area contributed by atoms with Crippen LogP contribution in [-0.2, 0) is 10.0 Å². The summed E-state index contributed by atoms with van der Waals surface area (Å²) in [6.07, 6.45) is 2.56. The van der Waals surface area contributed by atoms with Crippen LogP contribution in [0.3, 0.4) is 0 Å². The molecule has 0 unspecified atom stereocenters. The van der Waals surface area contributed by atoms with E-state index in [4.69, 9.17) is 10.5 Å². The van der Waals surface area contributed by atoms with Crippen molar-refractivity contribution >= 4 is 21.7 Å². The lowest BCUT2D eigenvalue weighted by Gasteiger charge is -2.09. The lowest BCUT2D eigenvalue weighted by atomic mass is 10.4. The highest BCUT2D eigenvalue weighted by Gasteiger charge is 2.19. The third-order valence-electron chi connectivity index (χ3n) is 2.37. The van der Waals surface area contributed by atoms with Crippen molar-refractivity contribution < 1.29 is 13.2 Å². The Kier molecular flexibility index (Phi) is 3.70. The van der Waals surface area contributed by atoms with Gasteiger partial charge in [-0.1, -0.05) is 0 Å². The Bertz CT molecular complexity index is 733. The molecule has 0 aliphatic rings. The maximum atomic E-state index is 12.2. The molecule has 2 heterocycles. The first-order valence-electron chi connectivity index (χ1n) is 5.54. The molecule has 2 aromatic heterocycles. The Morgan fingerprint density at radius 1 is 1.35 bits per heavy atom. The van der Waals surface area contributed by atoms with Gasteiger partial charge in [0, 0.05) is 24.2 Å². The standard InChI is InChI=1S/C11H13N5O3S/c1-7-5-10(19-2)15-11(14-7)16-20(17,18)9-6-13-4-3-8(9)12/h3-6H,1-2H3,(H2,12,13)(H,14,15,16). The second kappa shape index (κ2) is 5.29. The fourth-order valence-corrected chi connectivity index (χ4v) is 2.50. The predicted octanol–water partition coefficient (Wildman–Crippen LogP) is 0.572. The highest BCUT2D eigenvalue weighted by molar-refractivity contribution is 7.92. The molecule has 20 heavy (non-hydrogen) atoms. The van der Waals surface area contributed by atoms with E-state index in [1.165, 1.54) is 19.4 Å². The molecule has 0 aliphatic carbocycles. The third kappa shape index (κ3) is 2.94. The van der Waals surface area contributed by atoms with Crippen LogP contribution in [-0.4, -0.2) is 30.5 Å². The fraction of sp³-hybridized carbons (Fsp3) is 0.182. The summed E-state index contributed by atoms with van der Waals surface area (Å²) in [5, 5.41) is 0. The van der Waals surface area contributed by atoms with Gasteiger partial charge in [-0.2, -0.15) is 4.98 Å². The highest BCUT2D eigenvalue weighted by Crippen LogP contribution is 2.19. The number of pyridine rings is 1. The second-order valence-corrected chi connectivity index (χ2v) is 5.55. The Morgan fingerprint density at radius 2 is 2.10 bits per heavy atom. The van der Waals surface area contributed by atoms with Gasteiger partial charge in [0.15, 0.2) is 0 Å². The van der Waals surface area contributed by atoms with E-state index in [0.717, 1.165) is 6.20 Å². The van der Waals surface area contributed by atoms with Crippen molar-refractivity contribution in [3.05, 3.63) is 30.2 Å². The molecule has 0 bridgehead atoms. The van der Waals surface area contributed by atoms with Gasteiger partial charge in [-0.3, -0.25) is 4.98 Å². The molecule has 0 aliphatic heterocycles. The molecule has 0 amide bonds. The third-order valence-corrected chi connectivity index (χ3v) is 3.74. The van der Waals surface area contributed by atoms with Crippen molar-refractivity contribution in [3.8, 4) is 5.88 Å². The summed E-state index contributed by atoms with van der Waals surface area (Å²) >= 11 is 0. The van der Waals surface area contributed by atoms with Gasteiger partial charge in [0.1, 0.15) is 4.90 Å². The van der Waals surface area contributed by atoms with Gasteiger partial charge in [-0.05, 0) is 13.0 Å². The van der Waals surface area contributed by atoms with Gasteiger partial charge in [0.05, 0.1) is 12.8 Å². The van der Waals surface area contributed by atoms with E-state index in [-0.39, 0.29) is 22.4 Å². The van der Waals surface area contributed by atoms with E-state index in [1.54, 1.807) is 13.0 Å². The lowest BCUT2D eigenvalue weighted by Crippen LogP contribution is -2.17. The van der Waals surface area contributed by atoms with Crippen molar-refractivity contribution in [3.63, 3.8) is 0 Å². The number of ether oxygens (including phenoxy) is 1. The smallest absolute Gasteiger partial charge is 0.267 e. The minimum atomic E-state index is -3.90. The van der Waals surface area contributed by atoms with Crippen molar-refractivity contribution in [1.29, 1.82) is 0 Å². The number of nitrogens with two attached hydrogens (primary N) is 1. The van der Waals surface area contributed by atoms with E-state index >= 15 is 0 Å². The molecule has 0 spiro atoms. The zero-order valence-electron chi connectivity index (χ0n) is 10.9. The Balaban J connectivity index is 2.38. The molecule has 0 radical (unpaired) electrons. The van der Waals surface area contributed by atoms with Crippen LogP contribution in [0, 0.1) is 6.92 Å². The lowest BCUT2D eigenvalue weighted by molar-refractivity contribution is 0.397. The zero-order chi connectivity index (χ0) is 14.8. The Morgan fingerprint density at radius 3 is 2.75 bits per heavy atom. The molecule has 3 N–H and O–H groups in total. The van der Waals surface area contributed by atoms with Gasteiger partial charge >= 0.3 is 0 Å². The molecule has 2 rings (SSSR count). The minimum absolute atomic E-state index is 0.0899. The number of methoxy groups -OCH3 is 1. The number of nitrogen functional groups attached to an aromatic ring is 1. The van der Waals surface area contributed by atoms with Crippen LogP contribution in [0.2, 0.25) is 0 Å². The van der Waals surface area contributed by atoms with Crippen LogP contribution in [0.25, 0.3) is 0 Å². The largest absolute Gasteiger partial charge is 0.481 e. The molecule has 0 aromatic carbocycles. The quantitative estimate of drug-likeness (QED) is 0.846. The van der Waals surface area contributed by atoms with Crippen LogP contribution >= 0.6 is 0 Å². The van der Waals surface area contributed by atoms with Crippen LogP contribution < -0.4 is 15.2 Å². The summed E-state index contributed by atoms with van der Waals surface area (Å²) in [5.74, 6) is 0.166. The summed E-state index contributed by atoms with van der Waals surface area (Å²) in [6.45, 7) is 1.69. The van der Waals surface area contributed by atoms with E-state index in [2.05, 4.69) is 19.7 Å². The highest BCUT2D eigenvalue weighted by atomic mass is 32.2. The number of anilines is 2. The molecular weight excluding hydrogens is 282 g/mol. The molecule has 9 heteroatoms. The average molecular weight is 295 g/mol. The number of sulfonamides is 1. The number of hydrogen-bond acceptors (Lipinski definition) is 7. The van der Waals surface area contributed by atoms with Crippen molar-refractivity contribution in [2.24, 2.45) is 0 Å². The van der Waals surface area contributed by atoms with Gasteiger partial charge in [0.2, 0.25) is 11.8 Å². The summed E-state index contributed by atoms with van der Waals surface area (Å²) in [7, 11) is -2.47. The van der Waals surface area contributed by atoms with E-state index in [0.29, 0.717) is 5.69 Å². The van der Waals surface area contributed by atoms with Crippen molar-refractivity contribution in [2.45, 2.75) is 11.8 Å². The van der Waals surface area contributed by atoms with Crippen molar-refractivity contribution in [2.75, 3.05) is 17.6 Å². The maximum absolute atomic E-state index is 12.2. The van der Waals surface area contributed by atoms with Crippen molar-refractivity contribution in [1.82, 2.24) is 15.0 Å². The molecule has 106 valence electrons. The first kappa shape index (κ1) is 14.0. The summed E-state index contributed by atoms with van der Waals surface area (Å²) < 4.78 is 31.6. The molecule has 0 atom stereocenters. The number of aryl methyl sites for hydroxylation is 1. The maximum Gasteiger partial charge on any atom is 0.267 e. The second-order valence-electron chi connectivity index (χ2n) is 3.89. The zero-order valence-corrected chi connectivity index (χ0v) is 11.7. The first-order valence-corrected chi connectivity index (χ1v) is 7.02. The Hall–Kier alpha value is -2.42. The van der Waals surface area contributed by atoms with Gasteiger partial charge in [-0.25, -0.2) is 18.1 Å². The summed E-state index contributed by atoms with van der Waals surface area (Å²) in [6, 6.07) is 2.97. The van der Waals surface area contributed by atoms with Gasteiger partial charge in [-0.15, -0.1) is 0 Å². The van der Waals surface area contributed by atoms with Crippen LogP contribution in [0.15, 0.2) is 29.4 Å². The molecular formula is C11H13N5O3S. The first-order chi connectivity index (χ1) is 9.42. The van der Waals surface area contributed by atoms with Crippen LogP contribution in [0.4, 0.5) is 11.6 Å². The van der Waals surface area contributed by atoms with Crippen LogP contribution in [0.5, 0.6) is 5.88 Å². The fourth-order valence-electron chi connectivity index (χ4n) is 1.48. The van der Waals surface area contributed by atoms with Crippen LogP contribution in [0.1, 0.15) is 5.69 Å². The minimum Gasteiger partial charge on any atom is -0.481 e. The number of nitrogens with zero attached hydrogens (tertiary/aromatic N) is 3. The summed E-state index contributed by atoms with van der Waals surface area (Å²) in [5.41, 5.74) is 6.28. The molecule has 8 nitrogen and oxygen atoms in total. The Labute approximate surface area is 116 Å². The number of hydrogen-bond donors (Lipinski definition) is 2. The normalized spacial score (nSPS) is 11.1.